The Bertz CT molecular complexity index is 853. The summed E-state index contributed by atoms with van der Waals surface area (Å²) in [6, 6.07) is 16.0. The molecule has 1 N–H and O–H groups in total. The Morgan fingerprint density at radius 1 is 1.04 bits per heavy atom. The Kier molecular flexibility index (Phi) is 4.26. The molecule has 0 bridgehead atoms. The van der Waals surface area contributed by atoms with E-state index in [-0.39, 0.29) is 6.42 Å². The van der Waals surface area contributed by atoms with E-state index >= 15 is 0 Å². The van der Waals surface area contributed by atoms with Crippen LogP contribution in [0.3, 0.4) is 0 Å². The van der Waals surface area contributed by atoms with Crippen molar-refractivity contribution >= 4 is 17.3 Å². The number of rotatable bonds is 4. The van der Waals surface area contributed by atoms with Gasteiger partial charge in [-0.15, -0.1) is 11.3 Å². The van der Waals surface area contributed by atoms with Crippen molar-refractivity contribution in [1.82, 2.24) is 4.98 Å². The minimum atomic E-state index is -0.835. The first-order chi connectivity index (χ1) is 11.0. The molecular weight excluding hydrogens is 306 g/mol. The van der Waals surface area contributed by atoms with E-state index in [1.807, 2.05) is 36.4 Å². The highest BCUT2D eigenvalue weighted by molar-refractivity contribution is 7.15. The van der Waals surface area contributed by atoms with E-state index in [0.29, 0.717) is 0 Å². The van der Waals surface area contributed by atoms with Gasteiger partial charge in [0.25, 0.3) is 0 Å². The Morgan fingerprint density at radius 2 is 1.78 bits per heavy atom. The Morgan fingerprint density at radius 3 is 2.43 bits per heavy atom. The third kappa shape index (κ3) is 3.32. The zero-order valence-electron chi connectivity index (χ0n) is 13.0. The minimum Gasteiger partial charge on any atom is -0.481 e. The summed E-state index contributed by atoms with van der Waals surface area (Å²) in [6.07, 6.45) is -0.00718. The SMILES string of the molecule is Cc1ccc(-c2nc(-c3ccccc3)sc2CC(=O)O)cc1C. The van der Waals surface area contributed by atoms with Crippen molar-refractivity contribution < 1.29 is 9.90 Å². The lowest BCUT2D eigenvalue weighted by molar-refractivity contribution is -0.136. The second-order valence-corrected chi connectivity index (χ2v) is 6.61. The fraction of sp³-hybridized carbons (Fsp3) is 0.158. The highest BCUT2D eigenvalue weighted by Gasteiger charge is 2.17. The Balaban J connectivity index is 2.12. The van der Waals surface area contributed by atoms with Crippen molar-refractivity contribution in [3.05, 3.63) is 64.5 Å². The van der Waals surface area contributed by atoms with Crippen LogP contribution in [0.4, 0.5) is 0 Å². The van der Waals surface area contributed by atoms with Gasteiger partial charge in [0.1, 0.15) is 5.01 Å². The average Bonchev–Trinajstić information content (AvgIpc) is 2.94. The van der Waals surface area contributed by atoms with Crippen LogP contribution in [0.5, 0.6) is 0 Å². The molecule has 3 nitrogen and oxygen atoms in total. The number of hydrogen-bond donors (Lipinski definition) is 1. The molecule has 0 saturated carbocycles. The summed E-state index contributed by atoms with van der Waals surface area (Å²) in [5, 5.41) is 10.1. The van der Waals surface area contributed by atoms with E-state index in [1.165, 1.54) is 22.5 Å². The molecule has 0 radical (unpaired) electrons. The van der Waals surface area contributed by atoms with Crippen LogP contribution in [0.15, 0.2) is 48.5 Å². The molecule has 3 rings (SSSR count). The zero-order chi connectivity index (χ0) is 16.4. The molecule has 4 heteroatoms. The molecule has 0 fully saturated rings. The van der Waals surface area contributed by atoms with Crippen molar-refractivity contribution in [1.29, 1.82) is 0 Å². The molecular formula is C19H17NO2S. The number of aliphatic carboxylic acids is 1. The molecule has 116 valence electrons. The van der Waals surface area contributed by atoms with Crippen LogP contribution >= 0.6 is 11.3 Å². The molecule has 3 aromatic rings. The maximum absolute atomic E-state index is 11.2. The normalized spacial score (nSPS) is 10.7. The number of carbonyl (C=O) groups is 1. The van der Waals surface area contributed by atoms with E-state index < -0.39 is 5.97 Å². The summed E-state index contributed by atoms with van der Waals surface area (Å²) in [7, 11) is 0. The van der Waals surface area contributed by atoms with Gasteiger partial charge in [0.2, 0.25) is 0 Å². The molecule has 1 aromatic heterocycles. The monoisotopic (exact) mass is 323 g/mol. The van der Waals surface area contributed by atoms with E-state index in [9.17, 15) is 9.90 Å². The number of hydrogen-bond acceptors (Lipinski definition) is 3. The highest BCUT2D eigenvalue weighted by Crippen LogP contribution is 2.34. The highest BCUT2D eigenvalue weighted by atomic mass is 32.1. The number of aromatic nitrogens is 1. The first-order valence-corrected chi connectivity index (χ1v) is 8.21. The summed E-state index contributed by atoms with van der Waals surface area (Å²) >= 11 is 1.45. The molecule has 1 heterocycles. The van der Waals surface area contributed by atoms with Crippen molar-refractivity contribution in [3.63, 3.8) is 0 Å². The smallest absolute Gasteiger partial charge is 0.308 e. The molecule has 0 saturated heterocycles. The van der Waals surface area contributed by atoms with Gasteiger partial charge in [-0.25, -0.2) is 4.98 Å². The lowest BCUT2D eigenvalue weighted by Crippen LogP contribution is -1.99. The number of nitrogens with zero attached hydrogens (tertiary/aromatic N) is 1. The van der Waals surface area contributed by atoms with Gasteiger partial charge < -0.3 is 5.11 Å². The molecule has 2 aromatic carbocycles. The van der Waals surface area contributed by atoms with Crippen LogP contribution in [0.1, 0.15) is 16.0 Å². The third-order valence-corrected chi connectivity index (χ3v) is 4.91. The second-order valence-electron chi connectivity index (χ2n) is 5.53. The average molecular weight is 323 g/mol. The van der Waals surface area contributed by atoms with Crippen LogP contribution in [-0.4, -0.2) is 16.1 Å². The predicted octanol–water partition coefficient (Wildman–Crippen LogP) is 4.72. The van der Waals surface area contributed by atoms with Crippen LogP contribution in [0.2, 0.25) is 0 Å². The molecule has 0 unspecified atom stereocenters. The predicted molar refractivity (Wildman–Crippen MR) is 93.8 cm³/mol. The van der Waals surface area contributed by atoms with Gasteiger partial charge in [-0.2, -0.15) is 0 Å². The van der Waals surface area contributed by atoms with Gasteiger partial charge in [0.05, 0.1) is 12.1 Å². The van der Waals surface area contributed by atoms with Gasteiger partial charge in [0, 0.05) is 16.0 Å². The minimum absolute atomic E-state index is 0.00718. The second kappa shape index (κ2) is 6.34. The lowest BCUT2D eigenvalue weighted by Gasteiger charge is -2.04. The topological polar surface area (TPSA) is 50.2 Å². The van der Waals surface area contributed by atoms with E-state index in [0.717, 1.165) is 26.7 Å². The molecule has 0 aliphatic rings. The van der Waals surface area contributed by atoms with Crippen molar-refractivity contribution in [2.75, 3.05) is 0 Å². The number of carboxylic acid groups (broad SMARTS) is 1. The van der Waals surface area contributed by atoms with E-state index in [1.54, 1.807) is 0 Å². The van der Waals surface area contributed by atoms with Crippen LogP contribution in [-0.2, 0) is 11.2 Å². The van der Waals surface area contributed by atoms with Gasteiger partial charge in [-0.1, -0.05) is 42.5 Å². The van der Waals surface area contributed by atoms with Crippen LogP contribution in [0.25, 0.3) is 21.8 Å². The van der Waals surface area contributed by atoms with Gasteiger partial charge in [-0.3, -0.25) is 4.79 Å². The Labute approximate surface area is 139 Å². The standard InChI is InChI=1S/C19H17NO2S/c1-12-8-9-15(10-13(12)2)18-16(11-17(21)22)23-19(20-18)14-6-4-3-5-7-14/h3-10H,11H2,1-2H3,(H,21,22). The first-order valence-electron chi connectivity index (χ1n) is 7.39. The first kappa shape index (κ1) is 15.4. The maximum Gasteiger partial charge on any atom is 0.308 e. The zero-order valence-corrected chi connectivity index (χ0v) is 13.9. The summed E-state index contributed by atoms with van der Waals surface area (Å²) in [5.41, 5.74) is 5.16. The van der Waals surface area contributed by atoms with Crippen molar-refractivity contribution in [2.24, 2.45) is 0 Å². The lowest BCUT2D eigenvalue weighted by atomic mass is 10.0. The maximum atomic E-state index is 11.2. The molecule has 0 aliphatic heterocycles. The summed E-state index contributed by atoms with van der Waals surface area (Å²) in [5.74, 6) is -0.835. The van der Waals surface area contributed by atoms with Crippen LogP contribution < -0.4 is 0 Å². The van der Waals surface area contributed by atoms with Crippen molar-refractivity contribution in [3.8, 4) is 21.8 Å². The van der Waals surface area contributed by atoms with Gasteiger partial charge >= 0.3 is 5.97 Å². The van der Waals surface area contributed by atoms with Gasteiger partial charge in [0.15, 0.2) is 0 Å². The van der Waals surface area contributed by atoms with E-state index in [4.69, 9.17) is 4.98 Å². The molecule has 23 heavy (non-hydrogen) atoms. The van der Waals surface area contributed by atoms with Crippen molar-refractivity contribution in [2.45, 2.75) is 20.3 Å². The molecule has 0 aliphatic carbocycles. The van der Waals surface area contributed by atoms with Crippen LogP contribution in [0, 0.1) is 13.8 Å². The summed E-state index contributed by atoms with van der Waals surface area (Å²) in [6.45, 7) is 4.12. The summed E-state index contributed by atoms with van der Waals surface area (Å²) < 4.78 is 0. The molecule has 0 spiro atoms. The number of thiazole rings is 1. The largest absolute Gasteiger partial charge is 0.481 e. The van der Waals surface area contributed by atoms with E-state index in [2.05, 4.69) is 26.0 Å². The quantitative estimate of drug-likeness (QED) is 0.755. The molecule has 0 atom stereocenters. The number of benzene rings is 2. The fourth-order valence-corrected chi connectivity index (χ4v) is 3.51. The van der Waals surface area contributed by atoms with Gasteiger partial charge in [-0.05, 0) is 31.0 Å². The third-order valence-electron chi connectivity index (χ3n) is 3.81. The Hall–Kier alpha value is -2.46. The summed E-state index contributed by atoms with van der Waals surface area (Å²) in [4.78, 5) is 16.7. The molecule has 0 amide bonds. The fourth-order valence-electron chi connectivity index (χ4n) is 2.43. The number of aryl methyl sites for hydroxylation is 2. The number of carboxylic acids is 1.